The Morgan fingerprint density at radius 2 is 2.24 bits per heavy atom. The van der Waals surface area contributed by atoms with Crippen LogP contribution in [0.15, 0.2) is 18.3 Å². The van der Waals surface area contributed by atoms with E-state index in [9.17, 15) is 0 Å². The summed E-state index contributed by atoms with van der Waals surface area (Å²) in [6.07, 6.45) is 5.49. The van der Waals surface area contributed by atoms with Gasteiger partial charge in [-0.25, -0.2) is 4.98 Å². The summed E-state index contributed by atoms with van der Waals surface area (Å²) in [4.78, 5) is 4.09. The zero-order chi connectivity index (χ0) is 12.1. The second-order valence-electron chi connectivity index (χ2n) is 4.68. The zero-order valence-electron chi connectivity index (χ0n) is 10.5. The van der Waals surface area contributed by atoms with Gasteiger partial charge in [-0.1, -0.05) is 0 Å². The van der Waals surface area contributed by atoms with Crippen LogP contribution in [0, 0.1) is 5.41 Å². The van der Waals surface area contributed by atoms with Gasteiger partial charge in [0.1, 0.15) is 0 Å². The lowest BCUT2D eigenvalue weighted by atomic mass is 10.0. The van der Waals surface area contributed by atoms with Gasteiger partial charge in [0.15, 0.2) is 0 Å². The number of nitrogens with one attached hydrogen (secondary N) is 1. The third-order valence-electron chi connectivity index (χ3n) is 3.41. The zero-order valence-corrected chi connectivity index (χ0v) is 10.5. The Morgan fingerprint density at radius 1 is 1.41 bits per heavy atom. The van der Waals surface area contributed by atoms with Gasteiger partial charge < -0.3 is 14.8 Å². The van der Waals surface area contributed by atoms with Crippen LogP contribution in [0.2, 0.25) is 0 Å². The third-order valence-corrected chi connectivity index (χ3v) is 3.41. The Hall–Kier alpha value is -1.29. The molecule has 0 unspecified atom stereocenters. The largest absolute Gasteiger partial charge is 0.481 e. The van der Waals surface area contributed by atoms with Crippen LogP contribution in [0.1, 0.15) is 19.3 Å². The average molecular weight is 236 g/mol. The molecule has 1 heterocycles. The van der Waals surface area contributed by atoms with Crippen LogP contribution in [-0.4, -0.2) is 32.4 Å². The number of pyridine rings is 1. The second-order valence-corrected chi connectivity index (χ2v) is 4.68. The fourth-order valence-electron chi connectivity index (χ4n) is 1.93. The van der Waals surface area contributed by atoms with Crippen molar-refractivity contribution in [1.29, 1.82) is 0 Å². The Morgan fingerprint density at radius 3 is 2.88 bits per heavy atom. The summed E-state index contributed by atoms with van der Waals surface area (Å²) in [6, 6.07) is 3.89. The molecule has 94 valence electrons. The van der Waals surface area contributed by atoms with Crippen molar-refractivity contribution < 1.29 is 9.47 Å². The Bertz CT molecular complexity index is 364. The highest BCUT2D eigenvalue weighted by Gasteiger charge is 2.41. The van der Waals surface area contributed by atoms with Crippen molar-refractivity contribution in [3.05, 3.63) is 18.3 Å². The average Bonchev–Trinajstić information content (AvgIpc) is 3.15. The first kappa shape index (κ1) is 12.2. The molecule has 1 aliphatic rings. The summed E-state index contributed by atoms with van der Waals surface area (Å²) >= 11 is 0. The molecular weight excluding hydrogens is 216 g/mol. The molecule has 0 radical (unpaired) electrons. The Kier molecular flexibility index (Phi) is 3.84. The Balaban J connectivity index is 1.85. The molecule has 1 N–H and O–H groups in total. The summed E-state index contributed by atoms with van der Waals surface area (Å²) in [5.74, 6) is 0.650. The molecule has 1 aromatic heterocycles. The molecule has 0 aliphatic heterocycles. The number of methoxy groups -OCH3 is 2. The molecule has 2 rings (SSSR count). The first-order valence-electron chi connectivity index (χ1n) is 6.01. The van der Waals surface area contributed by atoms with E-state index in [1.165, 1.54) is 12.8 Å². The van der Waals surface area contributed by atoms with Crippen LogP contribution in [0.25, 0.3) is 0 Å². The lowest BCUT2D eigenvalue weighted by molar-refractivity contribution is 0.175. The molecule has 0 spiro atoms. The van der Waals surface area contributed by atoms with Gasteiger partial charge in [0.2, 0.25) is 5.88 Å². The van der Waals surface area contributed by atoms with Crippen LogP contribution >= 0.6 is 0 Å². The highest BCUT2D eigenvalue weighted by Crippen LogP contribution is 2.48. The van der Waals surface area contributed by atoms with Crippen molar-refractivity contribution in [2.45, 2.75) is 19.3 Å². The summed E-state index contributed by atoms with van der Waals surface area (Å²) in [7, 11) is 3.39. The molecule has 4 heteroatoms. The van der Waals surface area contributed by atoms with Gasteiger partial charge in [-0.3, -0.25) is 0 Å². The van der Waals surface area contributed by atoms with Gasteiger partial charge in [-0.15, -0.1) is 0 Å². The maximum absolute atomic E-state index is 5.15. The molecule has 0 aromatic carbocycles. The molecule has 0 atom stereocenters. The van der Waals surface area contributed by atoms with Gasteiger partial charge in [-0.2, -0.15) is 0 Å². The maximum Gasteiger partial charge on any atom is 0.214 e. The van der Waals surface area contributed by atoms with E-state index < -0.39 is 0 Å². The predicted octanol–water partition coefficient (Wildman–Crippen LogP) is 2.32. The molecule has 1 aromatic rings. The summed E-state index contributed by atoms with van der Waals surface area (Å²) < 4.78 is 10.2. The monoisotopic (exact) mass is 236 g/mol. The predicted molar refractivity (Wildman–Crippen MR) is 67.4 cm³/mol. The van der Waals surface area contributed by atoms with Gasteiger partial charge in [0.25, 0.3) is 0 Å². The van der Waals surface area contributed by atoms with Crippen molar-refractivity contribution in [3.8, 4) is 5.88 Å². The summed E-state index contributed by atoms with van der Waals surface area (Å²) in [5, 5.41) is 3.46. The van der Waals surface area contributed by atoms with E-state index in [0.717, 1.165) is 25.3 Å². The van der Waals surface area contributed by atoms with Gasteiger partial charge in [0.05, 0.1) is 7.11 Å². The van der Waals surface area contributed by atoms with Crippen molar-refractivity contribution in [2.75, 3.05) is 32.7 Å². The molecule has 4 nitrogen and oxygen atoms in total. The van der Waals surface area contributed by atoms with Crippen molar-refractivity contribution in [3.63, 3.8) is 0 Å². The number of hydrogen-bond donors (Lipinski definition) is 1. The summed E-state index contributed by atoms with van der Waals surface area (Å²) in [5.41, 5.74) is 1.52. The topological polar surface area (TPSA) is 43.4 Å². The number of rotatable bonds is 7. The minimum Gasteiger partial charge on any atom is -0.481 e. The normalized spacial score (nSPS) is 16.6. The standard InChI is InChI=1S/C13H20N2O2/c1-16-8-6-13(4-5-13)10-15-11-3-7-14-12(9-11)17-2/h3,7,9H,4-6,8,10H2,1-2H3,(H,14,15). The molecule has 0 amide bonds. The van der Waals surface area contributed by atoms with E-state index >= 15 is 0 Å². The number of aromatic nitrogens is 1. The van der Waals surface area contributed by atoms with Crippen molar-refractivity contribution in [2.24, 2.45) is 5.41 Å². The van der Waals surface area contributed by atoms with Crippen LogP contribution in [-0.2, 0) is 4.74 Å². The molecule has 0 bridgehead atoms. The minimum atomic E-state index is 0.451. The van der Waals surface area contributed by atoms with Crippen LogP contribution in [0.5, 0.6) is 5.88 Å². The van der Waals surface area contributed by atoms with E-state index in [1.807, 2.05) is 12.1 Å². The van der Waals surface area contributed by atoms with Crippen LogP contribution in [0.3, 0.4) is 0 Å². The first-order valence-corrected chi connectivity index (χ1v) is 6.01. The van der Waals surface area contributed by atoms with Gasteiger partial charge in [0, 0.05) is 38.2 Å². The second kappa shape index (κ2) is 5.36. The van der Waals surface area contributed by atoms with E-state index in [4.69, 9.17) is 9.47 Å². The molecule has 1 saturated carbocycles. The quantitative estimate of drug-likeness (QED) is 0.789. The summed E-state index contributed by atoms with van der Waals surface area (Å²) in [6.45, 7) is 1.85. The fourth-order valence-corrected chi connectivity index (χ4v) is 1.93. The third kappa shape index (κ3) is 3.33. The first-order chi connectivity index (χ1) is 8.28. The van der Waals surface area contributed by atoms with E-state index in [1.54, 1.807) is 20.4 Å². The Labute approximate surface area is 102 Å². The fraction of sp³-hybridized carbons (Fsp3) is 0.615. The smallest absolute Gasteiger partial charge is 0.214 e. The highest BCUT2D eigenvalue weighted by atomic mass is 16.5. The molecule has 0 saturated heterocycles. The van der Waals surface area contributed by atoms with Crippen molar-refractivity contribution in [1.82, 2.24) is 4.98 Å². The van der Waals surface area contributed by atoms with Crippen molar-refractivity contribution >= 4 is 5.69 Å². The minimum absolute atomic E-state index is 0.451. The number of ether oxygens (including phenoxy) is 2. The molecular formula is C13H20N2O2. The molecule has 1 fully saturated rings. The van der Waals surface area contributed by atoms with Gasteiger partial charge >= 0.3 is 0 Å². The molecule has 1 aliphatic carbocycles. The number of nitrogens with zero attached hydrogens (tertiary/aromatic N) is 1. The van der Waals surface area contributed by atoms with E-state index in [-0.39, 0.29) is 0 Å². The van der Waals surface area contributed by atoms with Gasteiger partial charge in [-0.05, 0) is 30.7 Å². The van der Waals surface area contributed by atoms with Crippen LogP contribution < -0.4 is 10.1 Å². The lowest BCUT2D eigenvalue weighted by Gasteiger charge is -2.16. The number of hydrogen-bond acceptors (Lipinski definition) is 4. The lowest BCUT2D eigenvalue weighted by Crippen LogP contribution is -2.17. The maximum atomic E-state index is 5.15. The SMILES string of the molecule is COCCC1(CNc2ccnc(OC)c2)CC1. The number of anilines is 1. The highest BCUT2D eigenvalue weighted by molar-refractivity contribution is 5.45. The molecule has 17 heavy (non-hydrogen) atoms. The van der Waals surface area contributed by atoms with E-state index in [0.29, 0.717) is 11.3 Å². The van der Waals surface area contributed by atoms with E-state index in [2.05, 4.69) is 10.3 Å². The van der Waals surface area contributed by atoms with Crippen LogP contribution in [0.4, 0.5) is 5.69 Å².